The predicted octanol–water partition coefficient (Wildman–Crippen LogP) is 9.36. The number of amides is 1. The maximum absolute atomic E-state index is 14.8. The molecule has 1 spiro atoms. The summed E-state index contributed by atoms with van der Waals surface area (Å²) in [6.45, 7) is 15.2. The SMILES string of the molecule is CC(C)c1ccccc1[C@@H]1COCCN1C1CC2(CCN(c3ccc(C(=O)NS(=O)(=O)c4ccc(NCC5CCC(C)(O)CC5)c([N+](=O)[O-])c4)c(N4c5cc6cc[nH]c6nc5O[C@@H]5[C@@H]4CCOC5(C)C)c3)CC2)C1. The highest BCUT2D eigenvalue weighted by atomic mass is 32.2. The number of pyridine rings is 1. The number of rotatable bonds is 12. The zero-order chi connectivity index (χ0) is 51.7. The van der Waals surface area contributed by atoms with E-state index >= 15 is 0 Å². The molecule has 3 saturated heterocycles. The van der Waals surface area contributed by atoms with E-state index in [1.807, 2.05) is 51.2 Å². The first-order valence-electron chi connectivity index (χ1n) is 26.6. The first-order valence-corrected chi connectivity index (χ1v) is 28.1. The molecule has 394 valence electrons. The van der Waals surface area contributed by atoms with Gasteiger partial charge in [0, 0.05) is 62.2 Å². The number of sulfonamides is 1. The second-order valence-electron chi connectivity index (χ2n) is 23.0. The third-order valence-electron chi connectivity index (χ3n) is 17.3. The maximum atomic E-state index is 14.8. The molecule has 6 aliphatic rings. The number of nitrogens with one attached hydrogen (secondary N) is 3. The molecule has 18 heteroatoms. The Morgan fingerprint density at radius 2 is 1.72 bits per heavy atom. The number of morpholine rings is 1. The van der Waals surface area contributed by atoms with Crippen molar-refractivity contribution in [1.82, 2.24) is 19.6 Å². The Morgan fingerprint density at radius 1 is 0.946 bits per heavy atom. The van der Waals surface area contributed by atoms with Gasteiger partial charge in [-0.15, -0.1) is 0 Å². The van der Waals surface area contributed by atoms with Crippen molar-refractivity contribution in [2.45, 2.75) is 139 Å². The quantitative estimate of drug-likeness (QED) is 0.0679. The van der Waals surface area contributed by atoms with E-state index in [2.05, 4.69) is 67.8 Å². The molecule has 3 atom stereocenters. The molecule has 5 aromatic rings. The molecule has 4 aliphatic heterocycles. The van der Waals surface area contributed by atoms with Gasteiger partial charge in [-0.3, -0.25) is 19.8 Å². The summed E-state index contributed by atoms with van der Waals surface area (Å²) in [7, 11) is -4.64. The van der Waals surface area contributed by atoms with Crippen LogP contribution < -0.4 is 24.6 Å². The number of aromatic amines is 1. The van der Waals surface area contributed by atoms with Crippen LogP contribution in [-0.4, -0.2) is 115 Å². The Labute approximate surface area is 433 Å². The number of H-pyrrole nitrogens is 1. The van der Waals surface area contributed by atoms with E-state index in [-0.39, 0.29) is 34.7 Å². The molecule has 0 bridgehead atoms. The second-order valence-corrected chi connectivity index (χ2v) is 24.7. The van der Waals surface area contributed by atoms with E-state index < -0.39 is 48.7 Å². The highest BCUT2D eigenvalue weighted by Gasteiger charge is 2.52. The van der Waals surface area contributed by atoms with Crippen molar-refractivity contribution >= 4 is 55.4 Å². The molecule has 3 aromatic carbocycles. The molecule has 1 amide bonds. The summed E-state index contributed by atoms with van der Waals surface area (Å²) in [5.41, 5.74) is 4.07. The van der Waals surface area contributed by atoms with Gasteiger partial charge < -0.3 is 39.4 Å². The molecule has 4 N–H and O–H groups in total. The van der Waals surface area contributed by atoms with E-state index in [4.69, 9.17) is 19.2 Å². The number of nitro groups is 1. The Kier molecular flexibility index (Phi) is 13.2. The molecule has 11 rings (SSSR count). The average Bonchev–Trinajstić information content (AvgIpc) is 3.84. The summed E-state index contributed by atoms with van der Waals surface area (Å²) < 4.78 is 50.0. The van der Waals surface area contributed by atoms with Crippen LogP contribution in [0.2, 0.25) is 0 Å². The number of hydrogen-bond donors (Lipinski definition) is 4. The molecule has 0 unspecified atom stereocenters. The topological polar surface area (TPSA) is 205 Å². The maximum Gasteiger partial charge on any atom is 0.293 e. The lowest BCUT2D eigenvalue weighted by atomic mass is 9.59. The third-order valence-corrected chi connectivity index (χ3v) is 18.7. The van der Waals surface area contributed by atoms with Gasteiger partial charge in [0.15, 0.2) is 0 Å². The molecule has 2 aromatic heterocycles. The standard InChI is InChI=1S/C56H70N8O9S/c1-35(2)41-8-6-7-9-42(41)49-34-71-27-25-62(49)39-31-56(32-39)20-23-61(24-21-56)38-10-12-43(46(29-38)63-45-17-26-72-54(3,4)50(45)73-53-48(63)28-37-16-22-57-51(37)59-53)52(65)60-74(69,70)40-11-13-44(47(30-40)64(67)68)58-33-36-14-18-55(5,66)19-15-36/h6-13,16,22,28-30,35-36,39,45,49-50,58,66H,14-15,17-21,23-27,31-34H2,1-5H3,(H,57,59)(H,60,65)/t36?,45-,49-,50+,55?/m0/s1. The molecule has 5 fully saturated rings. The Hall–Kier alpha value is -5.79. The first-order chi connectivity index (χ1) is 35.4. The van der Waals surface area contributed by atoms with Gasteiger partial charge in [-0.25, -0.2) is 13.1 Å². The zero-order valence-electron chi connectivity index (χ0n) is 43.1. The van der Waals surface area contributed by atoms with Crippen LogP contribution in [0.5, 0.6) is 5.88 Å². The van der Waals surface area contributed by atoms with Crippen LogP contribution in [-0.2, 0) is 19.5 Å². The van der Waals surface area contributed by atoms with Gasteiger partial charge in [-0.1, -0.05) is 38.1 Å². The number of nitrogens with zero attached hydrogens (tertiary/aromatic N) is 5. The normalized spacial score (nSPS) is 26.0. The average molecular weight is 1030 g/mol. The van der Waals surface area contributed by atoms with Gasteiger partial charge >= 0.3 is 0 Å². The van der Waals surface area contributed by atoms with Gasteiger partial charge in [-0.2, -0.15) is 4.98 Å². The van der Waals surface area contributed by atoms with Gasteiger partial charge in [-0.05, 0) is 149 Å². The van der Waals surface area contributed by atoms with E-state index in [1.54, 1.807) is 6.07 Å². The van der Waals surface area contributed by atoms with Crippen molar-refractivity contribution in [3.05, 3.63) is 106 Å². The van der Waals surface area contributed by atoms with Crippen LogP contribution in [0.1, 0.15) is 126 Å². The molecule has 74 heavy (non-hydrogen) atoms. The number of anilines is 4. The Morgan fingerprint density at radius 3 is 2.47 bits per heavy atom. The fourth-order valence-corrected chi connectivity index (χ4v) is 14.0. The lowest BCUT2D eigenvalue weighted by Gasteiger charge is -2.57. The Balaban J connectivity index is 0.881. The van der Waals surface area contributed by atoms with Crippen molar-refractivity contribution in [3.8, 4) is 5.88 Å². The van der Waals surface area contributed by atoms with Crippen molar-refractivity contribution in [1.29, 1.82) is 0 Å². The molecule has 2 saturated carbocycles. The predicted molar refractivity (Wildman–Crippen MR) is 284 cm³/mol. The highest BCUT2D eigenvalue weighted by Crippen LogP contribution is 2.54. The first kappa shape index (κ1) is 50.4. The van der Waals surface area contributed by atoms with Gasteiger partial charge in [0.1, 0.15) is 28.7 Å². The minimum Gasteiger partial charge on any atom is -0.468 e. The van der Waals surface area contributed by atoms with Crippen LogP contribution >= 0.6 is 0 Å². The number of carbonyl (C=O) groups excluding carboxylic acids is 1. The van der Waals surface area contributed by atoms with Crippen LogP contribution in [0, 0.1) is 21.4 Å². The van der Waals surface area contributed by atoms with Crippen LogP contribution in [0.3, 0.4) is 0 Å². The highest BCUT2D eigenvalue weighted by molar-refractivity contribution is 7.90. The number of aliphatic hydroxyl groups is 1. The van der Waals surface area contributed by atoms with Crippen molar-refractivity contribution in [2.24, 2.45) is 11.3 Å². The summed E-state index contributed by atoms with van der Waals surface area (Å²) in [6, 6.07) is 22.4. The lowest BCUT2D eigenvalue weighted by molar-refractivity contribution is -0.384. The smallest absolute Gasteiger partial charge is 0.293 e. The number of piperidine rings is 1. The molecule has 2 aliphatic carbocycles. The summed E-state index contributed by atoms with van der Waals surface area (Å²) in [4.78, 5) is 41.5. The number of ether oxygens (including phenoxy) is 3. The number of benzene rings is 3. The van der Waals surface area contributed by atoms with Gasteiger partial charge in [0.25, 0.3) is 21.6 Å². The lowest BCUT2D eigenvalue weighted by Crippen LogP contribution is -2.61. The van der Waals surface area contributed by atoms with Gasteiger partial charge in [0.05, 0.1) is 52.0 Å². The van der Waals surface area contributed by atoms with Crippen LogP contribution in [0.25, 0.3) is 11.0 Å². The number of nitro benzene ring substituents is 1. The monoisotopic (exact) mass is 1030 g/mol. The largest absolute Gasteiger partial charge is 0.468 e. The summed E-state index contributed by atoms with van der Waals surface area (Å²) in [5.74, 6) is 0.0929. The van der Waals surface area contributed by atoms with Crippen molar-refractivity contribution < 1.29 is 37.5 Å². The summed E-state index contributed by atoms with van der Waals surface area (Å²) in [5, 5.41) is 26.8. The van der Waals surface area contributed by atoms with Crippen LogP contribution in [0.15, 0.2) is 83.9 Å². The second kappa shape index (κ2) is 19.4. The van der Waals surface area contributed by atoms with Crippen molar-refractivity contribution in [2.75, 3.05) is 61.1 Å². The number of aromatic nitrogens is 2. The minimum absolute atomic E-state index is 0.107. The third kappa shape index (κ3) is 9.60. The summed E-state index contributed by atoms with van der Waals surface area (Å²) in [6.07, 6.45) is 8.95. The Bertz CT molecular complexity index is 3040. The van der Waals surface area contributed by atoms with Crippen molar-refractivity contribution in [3.63, 3.8) is 0 Å². The summed E-state index contributed by atoms with van der Waals surface area (Å²) >= 11 is 0. The van der Waals surface area contributed by atoms with E-state index in [0.29, 0.717) is 73.9 Å². The minimum atomic E-state index is -4.64. The van der Waals surface area contributed by atoms with E-state index in [9.17, 15) is 28.4 Å². The number of carbonyl (C=O) groups is 1. The molecular weight excluding hydrogens is 961 g/mol. The fourth-order valence-electron chi connectivity index (χ4n) is 13.0. The number of fused-ring (bicyclic) bond motifs is 3. The van der Waals surface area contributed by atoms with Crippen LogP contribution in [0.4, 0.5) is 28.4 Å². The van der Waals surface area contributed by atoms with E-state index in [1.165, 1.54) is 23.3 Å². The molecule has 6 heterocycles. The number of hydrogen-bond acceptors (Lipinski definition) is 14. The molecule has 17 nitrogen and oxygen atoms in total. The van der Waals surface area contributed by atoms with E-state index in [0.717, 1.165) is 81.9 Å². The van der Waals surface area contributed by atoms with Gasteiger partial charge in [0.2, 0.25) is 5.88 Å². The molecule has 0 radical (unpaired) electrons. The molecular formula is C56H70N8O9S. The fraction of sp³-hybridized carbons (Fsp3) is 0.536. The zero-order valence-corrected chi connectivity index (χ0v) is 44.0.